The second kappa shape index (κ2) is 5.46. The summed E-state index contributed by atoms with van der Waals surface area (Å²) in [6, 6.07) is 0. The second-order valence-corrected chi connectivity index (χ2v) is 4.63. The highest BCUT2D eigenvalue weighted by Gasteiger charge is 2.26. The smallest absolute Gasteiger partial charge is 0.325 e. The molecular weight excluding hydrogens is 254 g/mol. The lowest BCUT2D eigenvalue weighted by Gasteiger charge is -2.20. The molecule has 1 aromatic rings. The molecule has 0 bridgehead atoms. The molecule has 0 aliphatic rings. The van der Waals surface area contributed by atoms with Gasteiger partial charge in [0.2, 0.25) is 5.91 Å². The molecule has 1 aromatic heterocycles. The summed E-state index contributed by atoms with van der Waals surface area (Å²) in [6.07, 6.45) is 1.21. The van der Waals surface area contributed by atoms with Crippen molar-refractivity contribution in [3.8, 4) is 0 Å². The van der Waals surface area contributed by atoms with Gasteiger partial charge in [-0.2, -0.15) is 0 Å². The fraction of sp³-hybridized carbons (Fsp3) is 0.500. The van der Waals surface area contributed by atoms with Gasteiger partial charge in [0.15, 0.2) is 5.69 Å². The molecule has 9 nitrogen and oxygen atoms in total. The maximum Gasteiger partial charge on any atom is 0.325 e. The highest BCUT2D eigenvalue weighted by Crippen LogP contribution is 2.11. The van der Waals surface area contributed by atoms with Crippen molar-refractivity contribution < 1.29 is 19.5 Å². The number of carboxylic acids is 1. The van der Waals surface area contributed by atoms with Crippen LogP contribution in [-0.2, 0) is 16.1 Å². The number of hydrogen-bond acceptors (Lipinski definition) is 5. The van der Waals surface area contributed by atoms with Crippen molar-refractivity contribution in [3.63, 3.8) is 0 Å². The molecule has 0 atom stereocenters. The minimum atomic E-state index is -1.09. The summed E-state index contributed by atoms with van der Waals surface area (Å²) in [5, 5.41) is 18.1. The minimum absolute atomic E-state index is 0.0264. The number of carboxylic acid groups (broad SMARTS) is 1. The standard InChI is InChI=1S/C10H15N5O4/c1-10(2,9(11)19)5-12-8(18)6-3-15(14-13-6)4-7(16)17/h3H,4-5H2,1-2H3,(H2,11,19)(H,12,18)(H,16,17). The Hall–Kier alpha value is -2.45. The van der Waals surface area contributed by atoms with Crippen LogP contribution in [-0.4, -0.2) is 44.4 Å². The summed E-state index contributed by atoms with van der Waals surface area (Å²) < 4.78 is 1.02. The van der Waals surface area contributed by atoms with Crippen LogP contribution < -0.4 is 11.1 Å². The molecule has 0 spiro atoms. The van der Waals surface area contributed by atoms with Crippen LogP contribution in [0.15, 0.2) is 6.20 Å². The maximum atomic E-state index is 11.7. The van der Waals surface area contributed by atoms with Crippen LogP contribution in [0.5, 0.6) is 0 Å². The van der Waals surface area contributed by atoms with Crippen molar-refractivity contribution in [1.29, 1.82) is 0 Å². The third-order valence-electron chi connectivity index (χ3n) is 2.43. The number of carbonyl (C=O) groups is 3. The van der Waals surface area contributed by atoms with Gasteiger partial charge in [-0.15, -0.1) is 5.10 Å². The highest BCUT2D eigenvalue weighted by atomic mass is 16.4. The summed E-state index contributed by atoms with van der Waals surface area (Å²) in [4.78, 5) is 33.2. The van der Waals surface area contributed by atoms with Crippen LogP contribution in [0.25, 0.3) is 0 Å². The molecule has 0 unspecified atom stereocenters. The second-order valence-electron chi connectivity index (χ2n) is 4.63. The van der Waals surface area contributed by atoms with E-state index in [1.54, 1.807) is 13.8 Å². The van der Waals surface area contributed by atoms with Gasteiger partial charge in [-0.3, -0.25) is 14.4 Å². The van der Waals surface area contributed by atoms with Gasteiger partial charge in [0.25, 0.3) is 5.91 Å². The monoisotopic (exact) mass is 269 g/mol. The number of carbonyl (C=O) groups excluding carboxylic acids is 2. The van der Waals surface area contributed by atoms with E-state index in [9.17, 15) is 14.4 Å². The molecule has 2 amide bonds. The number of primary amides is 1. The number of aliphatic carboxylic acids is 1. The molecular formula is C10H15N5O4. The van der Waals surface area contributed by atoms with E-state index in [2.05, 4.69) is 15.6 Å². The molecule has 0 saturated heterocycles. The molecule has 19 heavy (non-hydrogen) atoms. The molecule has 9 heteroatoms. The SMILES string of the molecule is CC(C)(CNC(=O)c1cn(CC(=O)O)nn1)C(N)=O. The predicted octanol–water partition coefficient (Wildman–Crippen LogP) is -1.40. The van der Waals surface area contributed by atoms with E-state index in [1.807, 2.05) is 0 Å². The lowest BCUT2D eigenvalue weighted by Crippen LogP contribution is -2.42. The average molecular weight is 269 g/mol. The molecule has 1 rings (SSSR count). The van der Waals surface area contributed by atoms with E-state index in [1.165, 1.54) is 6.20 Å². The molecule has 4 N–H and O–H groups in total. The zero-order chi connectivity index (χ0) is 14.6. The first-order valence-electron chi connectivity index (χ1n) is 5.42. The Balaban J connectivity index is 2.61. The Morgan fingerprint density at radius 2 is 2.11 bits per heavy atom. The Morgan fingerprint density at radius 3 is 2.63 bits per heavy atom. The van der Waals surface area contributed by atoms with E-state index in [0.717, 1.165) is 4.68 Å². The number of hydrogen-bond donors (Lipinski definition) is 3. The molecule has 0 aliphatic carbocycles. The van der Waals surface area contributed by atoms with Gasteiger partial charge in [0, 0.05) is 6.54 Å². The van der Waals surface area contributed by atoms with Crippen molar-refractivity contribution in [2.45, 2.75) is 20.4 Å². The zero-order valence-electron chi connectivity index (χ0n) is 10.6. The van der Waals surface area contributed by atoms with Gasteiger partial charge in [-0.1, -0.05) is 5.21 Å². The summed E-state index contributed by atoms with van der Waals surface area (Å²) in [7, 11) is 0. The van der Waals surface area contributed by atoms with Crippen LogP contribution in [0.1, 0.15) is 24.3 Å². The number of rotatable bonds is 6. The number of aromatic nitrogens is 3. The normalized spacial score (nSPS) is 11.1. The van der Waals surface area contributed by atoms with Gasteiger partial charge in [-0.05, 0) is 13.8 Å². The van der Waals surface area contributed by atoms with E-state index in [4.69, 9.17) is 10.8 Å². The van der Waals surface area contributed by atoms with Crippen LogP contribution in [0, 0.1) is 5.41 Å². The fourth-order valence-electron chi connectivity index (χ4n) is 1.10. The summed E-state index contributed by atoms with van der Waals surface area (Å²) in [5.74, 6) is -2.18. The predicted molar refractivity (Wildman–Crippen MR) is 63.0 cm³/mol. The van der Waals surface area contributed by atoms with E-state index in [0.29, 0.717) is 0 Å². The van der Waals surface area contributed by atoms with E-state index in [-0.39, 0.29) is 18.8 Å². The van der Waals surface area contributed by atoms with Crippen LogP contribution in [0.2, 0.25) is 0 Å². The van der Waals surface area contributed by atoms with Gasteiger partial charge in [0.05, 0.1) is 11.6 Å². The first-order valence-corrected chi connectivity index (χ1v) is 5.42. The first-order chi connectivity index (χ1) is 8.72. The van der Waals surface area contributed by atoms with Crippen LogP contribution >= 0.6 is 0 Å². The summed E-state index contributed by atoms with van der Waals surface area (Å²) in [5.41, 5.74) is 4.26. The minimum Gasteiger partial charge on any atom is -0.480 e. The lowest BCUT2D eigenvalue weighted by molar-refractivity contribution is -0.138. The van der Waals surface area contributed by atoms with Crippen molar-refractivity contribution in [2.75, 3.05) is 6.54 Å². The Morgan fingerprint density at radius 1 is 1.47 bits per heavy atom. The summed E-state index contributed by atoms with van der Waals surface area (Å²) in [6.45, 7) is 2.85. The number of amides is 2. The van der Waals surface area contributed by atoms with Crippen LogP contribution in [0.3, 0.4) is 0 Å². The van der Waals surface area contributed by atoms with Crippen molar-refractivity contribution in [2.24, 2.45) is 11.1 Å². The molecule has 0 saturated carbocycles. The molecule has 0 aromatic carbocycles. The molecule has 0 radical (unpaired) electrons. The maximum absolute atomic E-state index is 11.7. The van der Waals surface area contributed by atoms with Crippen LogP contribution in [0.4, 0.5) is 0 Å². The van der Waals surface area contributed by atoms with Crippen molar-refractivity contribution in [3.05, 3.63) is 11.9 Å². The first kappa shape index (κ1) is 14.6. The molecule has 1 heterocycles. The lowest BCUT2D eigenvalue weighted by atomic mass is 9.93. The number of nitrogens with zero attached hydrogens (tertiary/aromatic N) is 3. The average Bonchev–Trinajstić information content (AvgIpc) is 2.73. The number of nitrogens with two attached hydrogens (primary N) is 1. The third kappa shape index (κ3) is 4.05. The largest absolute Gasteiger partial charge is 0.480 e. The topological polar surface area (TPSA) is 140 Å². The van der Waals surface area contributed by atoms with Gasteiger partial charge in [0.1, 0.15) is 6.54 Å². The quantitative estimate of drug-likeness (QED) is 0.580. The third-order valence-corrected chi connectivity index (χ3v) is 2.43. The fourth-order valence-corrected chi connectivity index (χ4v) is 1.10. The zero-order valence-corrected chi connectivity index (χ0v) is 10.6. The number of nitrogens with one attached hydrogen (secondary N) is 1. The van der Waals surface area contributed by atoms with Crippen molar-refractivity contribution in [1.82, 2.24) is 20.3 Å². The van der Waals surface area contributed by atoms with Crippen molar-refractivity contribution >= 4 is 17.8 Å². The van der Waals surface area contributed by atoms with E-state index < -0.39 is 23.2 Å². The molecule has 0 fully saturated rings. The summed E-state index contributed by atoms with van der Waals surface area (Å²) >= 11 is 0. The van der Waals surface area contributed by atoms with E-state index >= 15 is 0 Å². The van der Waals surface area contributed by atoms with Gasteiger partial charge < -0.3 is 16.2 Å². The Bertz CT molecular complexity index is 508. The Labute approximate surface area is 108 Å². The molecule has 0 aliphatic heterocycles. The Kier molecular flexibility index (Phi) is 4.20. The van der Waals surface area contributed by atoms with Gasteiger partial charge >= 0.3 is 5.97 Å². The molecule has 104 valence electrons. The highest BCUT2D eigenvalue weighted by molar-refractivity contribution is 5.92. The van der Waals surface area contributed by atoms with Gasteiger partial charge in [-0.25, -0.2) is 4.68 Å².